The van der Waals surface area contributed by atoms with E-state index in [1.165, 1.54) is 30.4 Å². The van der Waals surface area contributed by atoms with Crippen molar-refractivity contribution in [3.63, 3.8) is 0 Å². The number of rotatable bonds is 3. The Labute approximate surface area is 99.3 Å². The Morgan fingerprint density at radius 3 is 2.73 bits per heavy atom. The second-order valence-corrected chi connectivity index (χ2v) is 5.21. The van der Waals surface area contributed by atoms with Gasteiger partial charge >= 0.3 is 0 Å². The van der Waals surface area contributed by atoms with Crippen LogP contribution in [0.5, 0.6) is 0 Å². The Morgan fingerprint density at radius 1 is 1.47 bits per heavy atom. The number of hydrogen-bond donors (Lipinski definition) is 2. The van der Waals surface area contributed by atoms with Crippen LogP contribution in [0.2, 0.25) is 0 Å². The van der Waals surface area contributed by atoms with Gasteiger partial charge in [-0.25, -0.2) is 0 Å². The molecule has 1 fully saturated rings. The molecule has 0 heterocycles. The molecule has 15 heavy (non-hydrogen) atoms. The first-order chi connectivity index (χ1) is 7.22. The molecular weight excluding hydrogens is 252 g/mol. The first-order valence-corrected chi connectivity index (χ1v) is 6.24. The van der Waals surface area contributed by atoms with E-state index in [0.717, 1.165) is 4.47 Å². The van der Waals surface area contributed by atoms with E-state index in [1.54, 1.807) is 0 Å². The highest BCUT2D eigenvalue weighted by atomic mass is 79.9. The zero-order valence-electron chi connectivity index (χ0n) is 8.96. The molecule has 3 heteroatoms. The predicted molar refractivity (Wildman–Crippen MR) is 66.3 cm³/mol. The van der Waals surface area contributed by atoms with E-state index in [1.807, 2.05) is 0 Å². The lowest BCUT2D eigenvalue weighted by molar-refractivity contribution is 0.231. The lowest BCUT2D eigenvalue weighted by Gasteiger charge is -2.34. The summed E-state index contributed by atoms with van der Waals surface area (Å²) < 4.78 is 1.16. The molecule has 0 amide bonds. The molecule has 1 saturated carbocycles. The molecule has 1 aromatic carbocycles. The molecular formula is C12H17BrN2. The average Bonchev–Trinajstić information content (AvgIpc) is 2.15. The summed E-state index contributed by atoms with van der Waals surface area (Å²) in [6.07, 6.45) is 3.91. The zero-order chi connectivity index (χ0) is 10.8. The van der Waals surface area contributed by atoms with Gasteiger partial charge in [0, 0.05) is 10.5 Å². The normalized spacial score (nSPS) is 18.6. The third kappa shape index (κ3) is 2.25. The number of nitrogens with one attached hydrogen (secondary N) is 1. The summed E-state index contributed by atoms with van der Waals surface area (Å²) in [7, 11) is 0. The molecule has 0 radical (unpaired) electrons. The van der Waals surface area contributed by atoms with Gasteiger partial charge in [-0.3, -0.25) is 11.3 Å². The third-order valence-electron chi connectivity index (χ3n) is 3.29. The van der Waals surface area contributed by atoms with Crippen LogP contribution in [0.4, 0.5) is 0 Å². The van der Waals surface area contributed by atoms with Crippen molar-refractivity contribution in [2.45, 2.75) is 32.2 Å². The SMILES string of the molecule is Cc1ccc(Br)c(C(NN)C2CCC2)c1. The van der Waals surface area contributed by atoms with Crippen LogP contribution in [0.25, 0.3) is 0 Å². The molecule has 0 saturated heterocycles. The quantitative estimate of drug-likeness (QED) is 0.653. The van der Waals surface area contributed by atoms with Crippen molar-refractivity contribution in [3.8, 4) is 0 Å². The van der Waals surface area contributed by atoms with Crippen LogP contribution in [0.3, 0.4) is 0 Å². The molecule has 3 N–H and O–H groups in total. The fraction of sp³-hybridized carbons (Fsp3) is 0.500. The van der Waals surface area contributed by atoms with Gasteiger partial charge in [0.05, 0.1) is 0 Å². The number of nitrogens with two attached hydrogens (primary N) is 1. The lowest BCUT2D eigenvalue weighted by Crippen LogP contribution is -2.36. The molecule has 1 unspecified atom stereocenters. The van der Waals surface area contributed by atoms with Gasteiger partial charge in [0.2, 0.25) is 0 Å². The second kappa shape index (κ2) is 4.64. The van der Waals surface area contributed by atoms with Crippen LogP contribution in [0.15, 0.2) is 22.7 Å². The van der Waals surface area contributed by atoms with Crippen molar-refractivity contribution in [2.75, 3.05) is 0 Å². The summed E-state index contributed by atoms with van der Waals surface area (Å²) in [6, 6.07) is 6.73. The van der Waals surface area contributed by atoms with Gasteiger partial charge in [-0.1, -0.05) is 40.0 Å². The van der Waals surface area contributed by atoms with Gasteiger partial charge in [-0.2, -0.15) is 0 Å². The van der Waals surface area contributed by atoms with Crippen molar-refractivity contribution in [3.05, 3.63) is 33.8 Å². The van der Waals surface area contributed by atoms with Crippen LogP contribution in [0, 0.1) is 12.8 Å². The van der Waals surface area contributed by atoms with E-state index in [0.29, 0.717) is 12.0 Å². The Morgan fingerprint density at radius 2 is 2.20 bits per heavy atom. The monoisotopic (exact) mass is 268 g/mol. The number of halogens is 1. The Kier molecular flexibility index (Phi) is 3.44. The van der Waals surface area contributed by atoms with Gasteiger partial charge < -0.3 is 0 Å². The molecule has 0 aromatic heterocycles. The van der Waals surface area contributed by atoms with E-state index >= 15 is 0 Å². The van der Waals surface area contributed by atoms with Gasteiger partial charge in [0.25, 0.3) is 0 Å². The summed E-state index contributed by atoms with van der Waals surface area (Å²) in [5.74, 6) is 6.37. The molecule has 2 rings (SSSR count). The molecule has 2 nitrogen and oxygen atoms in total. The maximum atomic E-state index is 5.66. The number of hydrogen-bond acceptors (Lipinski definition) is 2. The molecule has 1 atom stereocenters. The Bertz CT molecular complexity index is 347. The topological polar surface area (TPSA) is 38.0 Å². The minimum absolute atomic E-state index is 0.299. The molecule has 0 aliphatic heterocycles. The summed E-state index contributed by atoms with van der Waals surface area (Å²) in [4.78, 5) is 0. The maximum absolute atomic E-state index is 5.66. The van der Waals surface area contributed by atoms with Gasteiger partial charge in [0.15, 0.2) is 0 Å². The average molecular weight is 269 g/mol. The van der Waals surface area contributed by atoms with Crippen LogP contribution >= 0.6 is 15.9 Å². The van der Waals surface area contributed by atoms with Gasteiger partial charge in [-0.15, -0.1) is 0 Å². The van der Waals surface area contributed by atoms with Gasteiger partial charge in [0.1, 0.15) is 0 Å². The highest BCUT2D eigenvalue weighted by Gasteiger charge is 2.28. The number of aryl methyl sites for hydroxylation is 1. The summed E-state index contributed by atoms with van der Waals surface area (Å²) >= 11 is 3.60. The Hall–Kier alpha value is -0.380. The summed E-state index contributed by atoms with van der Waals surface area (Å²) in [6.45, 7) is 2.12. The fourth-order valence-electron chi connectivity index (χ4n) is 2.15. The van der Waals surface area contributed by atoms with E-state index in [4.69, 9.17) is 5.84 Å². The van der Waals surface area contributed by atoms with Crippen molar-refractivity contribution in [2.24, 2.45) is 11.8 Å². The van der Waals surface area contributed by atoms with Crippen molar-refractivity contribution >= 4 is 15.9 Å². The largest absolute Gasteiger partial charge is 0.271 e. The minimum Gasteiger partial charge on any atom is -0.271 e. The van der Waals surface area contributed by atoms with Gasteiger partial charge in [-0.05, 0) is 37.3 Å². The van der Waals surface area contributed by atoms with Crippen LogP contribution in [-0.4, -0.2) is 0 Å². The molecule has 1 aromatic rings. The van der Waals surface area contributed by atoms with Crippen LogP contribution < -0.4 is 11.3 Å². The second-order valence-electron chi connectivity index (χ2n) is 4.36. The molecule has 1 aliphatic carbocycles. The first-order valence-electron chi connectivity index (χ1n) is 5.44. The minimum atomic E-state index is 0.299. The molecule has 1 aliphatic rings. The fourth-order valence-corrected chi connectivity index (χ4v) is 2.65. The Balaban J connectivity index is 2.28. The first kappa shape index (κ1) is 11.1. The van der Waals surface area contributed by atoms with Crippen LogP contribution in [-0.2, 0) is 0 Å². The molecule has 0 bridgehead atoms. The summed E-state index contributed by atoms with van der Waals surface area (Å²) in [5.41, 5.74) is 5.54. The number of benzene rings is 1. The summed E-state index contributed by atoms with van der Waals surface area (Å²) in [5, 5.41) is 0. The zero-order valence-corrected chi connectivity index (χ0v) is 10.5. The number of hydrazine groups is 1. The molecule has 0 spiro atoms. The van der Waals surface area contributed by atoms with E-state index in [9.17, 15) is 0 Å². The van der Waals surface area contributed by atoms with E-state index < -0.39 is 0 Å². The lowest BCUT2D eigenvalue weighted by atomic mass is 9.77. The van der Waals surface area contributed by atoms with Crippen molar-refractivity contribution in [1.29, 1.82) is 0 Å². The highest BCUT2D eigenvalue weighted by molar-refractivity contribution is 9.10. The maximum Gasteiger partial charge on any atom is 0.0499 e. The highest BCUT2D eigenvalue weighted by Crippen LogP contribution is 2.39. The molecule has 82 valence electrons. The van der Waals surface area contributed by atoms with E-state index in [-0.39, 0.29) is 0 Å². The van der Waals surface area contributed by atoms with Crippen molar-refractivity contribution in [1.82, 2.24) is 5.43 Å². The standard InChI is InChI=1S/C12H17BrN2/c1-8-5-6-11(13)10(7-8)12(15-14)9-3-2-4-9/h5-7,9,12,15H,2-4,14H2,1H3. The predicted octanol–water partition coefficient (Wildman–Crippen LogP) is 3.06. The smallest absolute Gasteiger partial charge is 0.0499 e. The third-order valence-corrected chi connectivity index (χ3v) is 4.01. The van der Waals surface area contributed by atoms with Crippen LogP contribution in [0.1, 0.15) is 36.4 Å². The van der Waals surface area contributed by atoms with E-state index in [2.05, 4.69) is 46.5 Å². The van der Waals surface area contributed by atoms with Crippen molar-refractivity contribution < 1.29 is 0 Å².